The van der Waals surface area contributed by atoms with E-state index in [0.717, 1.165) is 19.3 Å². The van der Waals surface area contributed by atoms with Crippen molar-refractivity contribution in [2.75, 3.05) is 0 Å². The van der Waals surface area contributed by atoms with Crippen LogP contribution in [0.4, 0.5) is 0 Å². The molecule has 4 heteroatoms. The van der Waals surface area contributed by atoms with Crippen LogP contribution in [0.3, 0.4) is 0 Å². The Balaban J connectivity index is 2.65. The van der Waals surface area contributed by atoms with Gasteiger partial charge in [0.2, 0.25) is 0 Å². The van der Waals surface area contributed by atoms with Gasteiger partial charge in [0.15, 0.2) is 0 Å². The SMILES string of the molecule is CCCCCC(c1ccccc1)(c1ccccc1)S(=O)(=O)O. The minimum Gasteiger partial charge on any atom is -0.285 e. The highest BCUT2D eigenvalue weighted by atomic mass is 32.2. The van der Waals surface area contributed by atoms with Gasteiger partial charge in [-0.15, -0.1) is 0 Å². The average Bonchev–Trinajstić information content (AvgIpc) is 2.52. The predicted molar refractivity (Wildman–Crippen MR) is 89.4 cm³/mol. The van der Waals surface area contributed by atoms with Crippen LogP contribution in [0, 0.1) is 0 Å². The van der Waals surface area contributed by atoms with Gasteiger partial charge in [-0.05, 0) is 17.5 Å². The monoisotopic (exact) mass is 318 g/mol. The topological polar surface area (TPSA) is 54.4 Å². The minimum absolute atomic E-state index is 0.369. The Morgan fingerprint density at radius 2 is 1.32 bits per heavy atom. The highest BCUT2D eigenvalue weighted by molar-refractivity contribution is 7.87. The Labute approximate surface area is 132 Å². The van der Waals surface area contributed by atoms with E-state index in [2.05, 4.69) is 6.92 Å². The van der Waals surface area contributed by atoms with Crippen molar-refractivity contribution in [3.63, 3.8) is 0 Å². The van der Waals surface area contributed by atoms with Crippen molar-refractivity contribution in [1.82, 2.24) is 0 Å². The summed E-state index contributed by atoms with van der Waals surface area (Å²) in [5, 5.41) is 0. The molecule has 2 rings (SSSR count). The van der Waals surface area contributed by atoms with Crippen LogP contribution in [0.1, 0.15) is 43.7 Å². The molecule has 0 unspecified atom stereocenters. The molecule has 0 aliphatic rings. The van der Waals surface area contributed by atoms with Crippen LogP contribution >= 0.6 is 0 Å². The molecule has 2 aromatic carbocycles. The third-order valence-corrected chi connectivity index (χ3v) is 5.61. The molecule has 0 spiro atoms. The Morgan fingerprint density at radius 1 is 0.864 bits per heavy atom. The second kappa shape index (κ2) is 7.07. The molecule has 22 heavy (non-hydrogen) atoms. The first-order valence-corrected chi connectivity index (χ1v) is 9.04. The molecule has 0 aliphatic carbocycles. The Hall–Kier alpha value is -1.65. The number of hydrogen-bond acceptors (Lipinski definition) is 2. The van der Waals surface area contributed by atoms with Gasteiger partial charge in [-0.2, -0.15) is 8.42 Å². The summed E-state index contributed by atoms with van der Waals surface area (Å²) in [5.41, 5.74) is 1.22. The minimum atomic E-state index is -4.31. The van der Waals surface area contributed by atoms with Gasteiger partial charge in [0.25, 0.3) is 10.1 Å². The van der Waals surface area contributed by atoms with Gasteiger partial charge < -0.3 is 0 Å². The Kier molecular flexibility index (Phi) is 5.37. The zero-order valence-corrected chi connectivity index (χ0v) is 13.6. The van der Waals surface area contributed by atoms with E-state index >= 15 is 0 Å². The summed E-state index contributed by atoms with van der Waals surface area (Å²) >= 11 is 0. The van der Waals surface area contributed by atoms with Crippen LogP contribution < -0.4 is 0 Å². The average molecular weight is 318 g/mol. The molecule has 2 aromatic rings. The lowest BCUT2D eigenvalue weighted by Gasteiger charge is -2.32. The molecule has 0 aliphatic heterocycles. The smallest absolute Gasteiger partial charge is 0.279 e. The van der Waals surface area contributed by atoms with Gasteiger partial charge in [0, 0.05) is 0 Å². The molecule has 0 aromatic heterocycles. The molecule has 0 heterocycles. The summed E-state index contributed by atoms with van der Waals surface area (Å²) < 4.78 is 33.5. The number of hydrogen-bond donors (Lipinski definition) is 1. The van der Waals surface area contributed by atoms with E-state index < -0.39 is 14.9 Å². The summed E-state index contributed by atoms with van der Waals surface area (Å²) in [6.07, 6.45) is 3.02. The van der Waals surface area contributed by atoms with Crippen molar-refractivity contribution in [3.05, 3.63) is 71.8 Å². The number of unbranched alkanes of at least 4 members (excludes halogenated alkanes) is 2. The highest BCUT2D eigenvalue weighted by Crippen LogP contribution is 2.41. The molecule has 0 radical (unpaired) electrons. The molecule has 0 bridgehead atoms. The summed E-state index contributed by atoms with van der Waals surface area (Å²) in [7, 11) is -4.31. The van der Waals surface area contributed by atoms with E-state index in [9.17, 15) is 13.0 Å². The zero-order valence-electron chi connectivity index (χ0n) is 12.8. The van der Waals surface area contributed by atoms with Crippen LogP contribution in [0.25, 0.3) is 0 Å². The fraction of sp³-hybridized carbons (Fsp3) is 0.333. The van der Waals surface area contributed by atoms with Crippen LogP contribution in [-0.4, -0.2) is 13.0 Å². The van der Waals surface area contributed by atoms with E-state index in [1.807, 2.05) is 12.1 Å². The zero-order chi connectivity index (χ0) is 16.1. The maximum Gasteiger partial charge on any atom is 0.279 e. The lowest BCUT2D eigenvalue weighted by Crippen LogP contribution is -2.37. The first-order chi connectivity index (χ1) is 10.5. The summed E-state index contributed by atoms with van der Waals surface area (Å²) in [4.78, 5) is 0. The lowest BCUT2D eigenvalue weighted by molar-refractivity contribution is 0.428. The molecular formula is C18H22O3S. The largest absolute Gasteiger partial charge is 0.285 e. The fourth-order valence-electron chi connectivity index (χ4n) is 2.92. The van der Waals surface area contributed by atoms with Crippen molar-refractivity contribution >= 4 is 10.1 Å². The first-order valence-electron chi connectivity index (χ1n) is 7.60. The second-order valence-corrected chi connectivity index (χ2v) is 7.14. The van der Waals surface area contributed by atoms with Gasteiger partial charge >= 0.3 is 0 Å². The Morgan fingerprint density at radius 3 is 1.68 bits per heavy atom. The molecular weight excluding hydrogens is 296 g/mol. The lowest BCUT2D eigenvalue weighted by atomic mass is 9.85. The maximum absolute atomic E-state index is 12.4. The van der Waals surface area contributed by atoms with Crippen LogP contribution in [0.15, 0.2) is 60.7 Å². The molecule has 0 saturated carbocycles. The first kappa shape index (κ1) is 16.7. The summed E-state index contributed by atoms with van der Waals surface area (Å²) in [6.45, 7) is 2.07. The van der Waals surface area contributed by atoms with Gasteiger partial charge in [-0.3, -0.25) is 4.55 Å². The van der Waals surface area contributed by atoms with E-state index in [4.69, 9.17) is 0 Å². The molecule has 118 valence electrons. The maximum atomic E-state index is 12.4. The Bertz CT molecular complexity index is 639. The second-order valence-electron chi connectivity index (χ2n) is 5.49. The predicted octanol–water partition coefficient (Wildman–Crippen LogP) is 4.40. The number of rotatable bonds is 7. The van der Waals surface area contributed by atoms with E-state index in [1.165, 1.54) is 0 Å². The van der Waals surface area contributed by atoms with Gasteiger partial charge in [0.05, 0.1) is 0 Å². The van der Waals surface area contributed by atoms with Crippen molar-refractivity contribution in [2.24, 2.45) is 0 Å². The van der Waals surface area contributed by atoms with Crippen LogP contribution in [0.2, 0.25) is 0 Å². The molecule has 0 saturated heterocycles. The van der Waals surface area contributed by atoms with Crippen LogP contribution in [0.5, 0.6) is 0 Å². The summed E-state index contributed by atoms with van der Waals surface area (Å²) in [5.74, 6) is 0. The van der Waals surface area contributed by atoms with Crippen molar-refractivity contribution < 1.29 is 13.0 Å². The van der Waals surface area contributed by atoms with Crippen LogP contribution in [-0.2, 0) is 14.9 Å². The van der Waals surface area contributed by atoms with Gasteiger partial charge in [0.1, 0.15) is 4.75 Å². The molecule has 0 atom stereocenters. The fourth-order valence-corrected chi connectivity index (χ4v) is 4.19. The van der Waals surface area contributed by atoms with Crippen molar-refractivity contribution in [2.45, 2.75) is 37.4 Å². The standard InChI is InChI=1S/C18H22O3S/c1-2-3-10-15-18(22(19,20)21,16-11-6-4-7-12-16)17-13-8-5-9-14-17/h4-9,11-14H,2-3,10,15H2,1H3,(H,19,20,21). The summed E-state index contributed by atoms with van der Waals surface area (Å²) in [6, 6.07) is 18.0. The van der Waals surface area contributed by atoms with Crippen molar-refractivity contribution in [3.8, 4) is 0 Å². The third kappa shape index (κ3) is 3.23. The number of benzene rings is 2. The molecule has 0 fully saturated rings. The van der Waals surface area contributed by atoms with E-state index in [-0.39, 0.29) is 0 Å². The molecule has 1 N–H and O–H groups in total. The van der Waals surface area contributed by atoms with E-state index in [1.54, 1.807) is 48.5 Å². The third-order valence-electron chi connectivity index (χ3n) is 4.05. The van der Waals surface area contributed by atoms with Crippen molar-refractivity contribution in [1.29, 1.82) is 0 Å². The van der Waals surface area contributed by atoms with Gasteiger partial charge in [-0.1, -0.05) is 86.8 Å². The quantitative estimate of drug-likeness (QED) is 0.608. The molecule has 0 amide bonds. The normalized spacial score (nSPS) is 12.3. The molecule has 3 nitrogen and oxygen atoms in total. The van der Waals surface area contributed by atoms with Gasteiger partial charge in [-0.25, -0.2) is 0 Å². The highest BCUT2D eigenvalue weighted by Gasteiger charge is 2.45. The van der Waals surface area contributed by atoms with E-state index in [0.29, 0.717) is 17.5 Å².